The number of amides is 1. The van der Waals surface area contributed by atoms with Crippen molar-refractivity contribution < 1.29 is 17.6 Å². The van der Waals surface area contributed by atoms with Gasteiger partial charge in [0.15, 0.2) is 0 Å². The topological polar surface area (TPSA) is 69.7 Å². The molecule has 1 amide bonds. The molecular weight excluding hydrogens is 369 g/mol. The number of piperazine rings is 1. The smallest absolute Gasteiger partial charge is 0.255 e. The number of carbonyl (C=O) groups is 1. The van der Waals surface area contributed by atoms with Crippen LogP contribution in [0.15, 0.2) is 47.4 Å². The Hall–Kier alpha value is -2.29. The molecule has 1 aliphatic heterocycles. The van der Waals surface area contributed by atoms with Crippen LogP contribution in [0.5, 0.6) is 0 Å². The lowest BCUT2D eigenvalue weighted by Gasteiger charge is -2.31. The third kappa shape index (κ3) is 4.35. The van der Waals surface area contributed by atoms with E-state index in [0.717, 1.165) is 0 Å². The Bertz CT molecular complexity index is 937. The Balaban J connectivity index is 1.71. The van der Waals surface area contributed by atoms with Crippen LogP contribution >= 0.6 is 0 Å². The SMILES string of the molecule is Cc1ccc(C(=O)Nc2ccc(S(=O)(=O)N3CCN(C)CC3)cc2)cc1F. The Labute approximate surface area is 158 Å². The number of halogens is 1. The highest BCUT2D eigenvalue weighted by Crippen LogP contribution is 2.20. The minimum absolute atomic E-state index is 0.187. The van der Waals surface area contributed by atoms with E-state index in [2.05, 4.69) is 10.2 Å². The first-order chi connectivity index (χ1) is 12.8. The molecule has 1 saturated heterocycles. The number of benzene rings is 2. The van der Waals surface area contributed by atoms with Gasteiger partial charge < -0.3 is 10.2 Å². The third-order valence-corrected chi connectivity index (χ3v) is 6.56. The number of rotatable bonds is 4. The lowest BCUT2D eigenvalue weighted by molar-refractivity contribution is 0.102. The van der Waals surface area contributed by atoms with E-state index >= 15 is 0 Å². The first kappa shape index (κ1) is 19.5. The van der Waals surface area contributed by atoms with Gasteiger partial charge in [-0.15, -0.1) is 0 Å². The van der Waals surface area contributed by atoms with Crippen molar-refractivity contribution in [1.29, 1.82) is 0 Å². The van der Waals surface area contributed by atoms with E-state index in [1.807, 2.05) is 7.05 Å². The summed E-state index contributed by atoms with van der Waals surface area (Å²) in [4.78, 5) is 14.5. The summed E-state index contributed by atoms with van der Waals surface area (Å²) in [6.07, 6.45) is 0. The zero-order valence-corrected chi connectivity index (χ0v) is 16.1. The maximum atomic E-state index is 13.6. The van der Waals surface area contributed by atoms with Crippen molar-refractivity contribution in [1.82, 2.24) is 9.21 Å². The summed E-state index contributed by atoms with van der Waals surface area (Å²) in [6.45, 7) is 3.92. The number of nitrogens with one attached hydrogen (secondary N) is 1. The Kier molecular flexibility index (Phi) is 5.59. The molecule has 0 bridgehead atoms. The number of nitrogens with zero attached hydrogens (tertiary/aromatic N) is 2. The summed E-state index contributed by atoms with van der Waals surface area (Å²) >= 11 is 0. The summed E-state index contributed by atoms with van der Waals surface area (Å²) in [5.41, 5.74) is 1.11. The van der Waals surface area contributed by atoms with Crippen LogP contribution in [0.25, 0.3) is 0 Å². The molecule has 1 heterocycles. The fourth-order valence-corrected chi connectivity index (χ4v) is 4.25. The molecular formula is C19H22FN3O3S. The number of hydrogen-bond donors (Lipinski definition) is 1. The Morgan fingerprint density at radius 3 is 2.26 bits per heavy atom. The molecule has 0 saturated carbocycles. The number of anilines is 1. The molecule has 3 rings (SSSR count). The third-order valence-electron chi connectivity index (χ3n) is 4.65. The average molecular weight is 391 g/mol. The van der Waals surface area contributed by atoms with Crippen LogP contribution < -0.4 is 5.32 Å². The molecule has 2 aromatic carbocycles. The molecule has 2 aromatic rings. The molecule has 1 aliphatic rings. The standard InChI is InChI=1S/C19H22FN3O3S/c1-14-3-4-15(13-18(14)20)19(24)21-16-5-7-17(8-6-16)27(25,26)23-11-9-22(2)10-12-23/h3-8,13H,9-12H2,1-2H3,(H,21,24). The zero-order chi connectivity index (χ0) is 19.6. The van der Waals surface area contributed by atoms with E-state index in [9.17, 15) is 17.6 Å². The summed E-state index contributed by atoms with van der Waals surface area (Å²) in [5.74, 6) is -0.903. The van der Waals surface area contributed by atoms with Crippen molar-refractivity contribution >= 4 is 21.6 Å². The van der Waals surface area contributed by atoms with Crippen molar-refractivity contribution in [3.05, 3.63) is 59.4 Å². The molecule has 144 valence electrons. The summed E-state index contributed by atoms with van der Waals surface area (Å²) in [5, 5.41) is 2.65. The minimum atomic E-state index is -3.55. The number of carbonyl (C=O) groups excluding carboxylic acids is 1. The second-order valence-corrected chi connectivity index (χ2v) is 8.59. The molecule has 0 spiro atoms. The normalized spacial score (nSPS) is 16.3. The van der Waals surface area contributed by atoms with E-state index in [0.29, 0.717) is 37.4 Å². The number of aryl methyl sites for hydroxylation is 1. The van der Waals surface area contributed by atoms with Crippen LogP contribution in [-0.2, 0) is 10.0 Å². The quantitative estimate of drug-likeness (QED) is 0.869. The molecule has 1 N–H and O–H groups in total. The monoisotopic (exact) mass is 391 g/mol. The van der Waals surface area contributed by atoms with Gasteiger partial charge in [-0.2, -0.15) is 4.31 Å². The molecule has 0 atom stereocenters. The van der Waals surface area contributed by atoms with E-state index in [-0.39, 0.29) is 10.5 Å². The van der Waals surface area contributed by atoms with Gasteiger partial charge in [-0.05, 0) is 55.9 Å². The number of hydrogen-bond acceptors (Lipinski definition) is 4. The maximum Gasteiger partial charge on any atom is 0.255 e. The average Bonchev–Trinajstić information content (AvgIpc) is 2.64. The molecule has 1 fully saturated rings. The van der Waals surface area contributed by atoms with Crippen LogP contribution in [0.1, 0.15) is 15.9 Å². The van der Waals surface area contributed by atoms with Gasteiger partial charge in [-0.25, -0.2) is 12.8 Å². The Morgan fingerprint density at radius 1 is 1.04 bits per heavy atom. The van der Waals surface area contributed by atoms with Gasteiger partial charge in [-0.1, -0.05) is 6.07 Å². The molecule has 0 unspecified atom stereocenters. The molecule has 0 aromatic heterocycles. The van der Waals surface area contributed by atoms with Crippen molar-refractivity contribution in [2.24, 2.45) is 0 Å². The Morgan fingerprint density at radius 2 is 1.67 bits per heavy atom. The van der Waals surface area contributed by atoms with Crippen molar-refractivity contribution in [2.75, 3.05) is 38.5 Å². The molecule has 27 heavy (non-hydrogen) atoms. The molecule has 0 aliphatic carbocycles. The van der Waals surface area contributed by atoms with Gasteiger partial charge in [0.25, 0.3) is 5.91 Å². The van der Waals surface area contributed by atoms with Crippen LogP contribution in [0.4, 0.5) is 10.1 Å². The maximum absolute atomic E-state index is 13.6. The summed E-state index contributed by atoms with van der Waals surface area (Å²) in [7, 11) is -1.59. The van der Waals surface area contributed by atoms with Crippen LogP contribution in [-0.4, -0.2) is 56.8 Å². The first-order valence-corrected chi connectivity index (χ1v) is 10.1. The van der Waals surface area contributed by atoms with Crippen molar-refractivity contribution in [3.8, 4) is 0 Å². The molecule has 6 nitrogen and oxygen atoms in total. The van der Waals surface area contributed by atoms with Gasteiger partial charge >= 0.3 is 0 Å². The number of sulfonamides is 1. The van der Waals surface area contributed by atoms with Crippen LogP contribution in [0, 0.1) is 12.7 Å². The lowest BCUT2D eigenvalue weighted by Crippen LogP contribution is -2.46. The highest BCUT2D eigenvalue weighted by atomic mass is 32.2. The van der Waals surface area contributed by atoms with Gasteiger partial charge in [-0.3, -0.25) is 4.79 Å². The van der Waals surface area contributed by atoms with Gasteiger partial charge in [0.2, 0.25) is 10.0 Å². The van der Waals surface area contributed by atoms with Crippen LogP contribution in [0.3, 0.4) is 0 Å². The highest BCUT2D eigenvalue weighted by molar-refractivity contribution is 7.89. The van der Waals surface area contributed by atoms with E-state index in [1.165, 1.54) is 40.7 Å². The van der Waals surface area contributed by atoms with Crippen molar-refractivity contribution in [2.45, 2.75) is 11.8 Å². The highest BCUT2D eigenvalue weighted by Gasteiger charge is 2.27. The van der Waals surface area contributed by atoms with Crippen LogP contribution in [0.2, 0.25) is 0 Å². The number of likely N-dealkylation sites (N-methyl/N-ethyl adjacent to an activating group) is 1. The summed E-state index contributed by atoms with van der Waals surface area (Å²) in [6, 6.07) is 10.3. The van der Waals surface area contributed by atoms with Gasteiger partial charge in [0.1, 0.15) is 5.82 Å². The van der Waals surface area contributed by atoms with E-state index < -0.39 is 21.7 Å². The second kappa shape index (κ2) is 7.75. The van der Waals surface area contributed by atoms with Gasteiger partial charge in [0, 0.05) is 37.4 Å². The lowest BCUT2D eigenvalue weighted by atomic mass is 10.1. The predicted octanol–water partition coefficient (Wildman–Crippen LogP) is 2.32. The summed E-state index contributed by atoms with van der Waals surface area (Å²) < 4.78 is 40.5. The molecule has 0 radical (unpaired) electrons. The second-order valence-electron chi connectivity index (χ2n) is 6.65. The predicted molar refractivity (Wildman–Crippen MR) is 102 cm³/mol. The fourth-order valence-electron chi connectivity index (χ4n) is 2.83. The van der Waals surface area contributed by atoms with E-state index in [1.54, 1.807) is 13.0 Å². The van der Waals surface area contributed by atoms with Gasteiger partial charge in [0.05, 0.1) is 4.90 Å². The first-order valence-electron chi connectivity index (χ1n) is 8.63. The zero-order valence-electron chi connectivity index (χ0n) is 15.3. The molecule has 8 heteroatoms. The van der Waals surface area contributed by atoms with E-state index in [4.69, 9.17) is 0 Å². The minimum Gasteiger partial charge on any atom is -0.322 e. The largest absolute Gasteiger partial charge is 0.322 e. The van der Waals surface area contributed by atoms with Crippen molar-refractivity contribution in [3.63, 3.8) is 0 Å². The fraction of sp³-hybridized carbons (Fsp3) is 0.316.